The Morgan fingerprint density at radius 3 is 2.52 bits per heavy atom. The second-order valence-corrected chi connectivity index (χ2v) is 9.64. The molecule has 1 aliphatic heterocycles. The second kappa shape index (κ2) is 8.67. The molecule has 2 aromatic carbocycles. The van der Waals surface area contributed by atoms with Crippen LogP contribution in [0.2, 0.25) is 0 Å². The molecule has 0 spiro atoms. The number of thiophene rings is 1. The minimum atomic E-state index is -0.479. The Morgan fingerprint density at radius 1 is 1.06 bits per heavy atom. The van der Waals surface area contributed by atoms with E-state index >= 15 is 0 Å². The topological polar surface area (TPSA) is 49.4 Å². The van der Waals surface area contributed by atoms with Crippen molar-refractivity contribution in [2.75, 3.05) is 11.9 Å². The van der Waals surface area contributed by atoms with Crippen LogP contribution in [-0.4, -0.2) is 23.3 Å². The third-order valence-electron chi connectivity index (χ3n) is 5.89. The van der Waals surface area contributed by atoms with E-state index in [1.807, 2.05) is 71.8 Å². The highest BCUT2D eigenvalue weighted by Gasteiger charge is 2.44. The zero-order valence-corrected chi connectivity index (χ0v) is 19.2. The molecule has 2 heterocycles. The van der Waals surface area contributed by atoms with Crippen molar-refractivity contribution in [1.82, 2.24) is 4.90 Å². The van der Waals surface area contributed by atoms with Crippen LogP contribution < -0.4 is 5.32 Å². The molecule has 2 atom stereocenters. The van der Waals surface area contributed by atoms with Gasteiger partial charge in [0, 0.05) is 22.7 Å². The number of nitrogens with one attached hydrogen (secondary N) is 1. The SMILES string of the molecule is Cc1ccc(NC(=O)C2c3ccccc3C(=O)N(CC(C)C)C2c2cccs2)cc1C. The maximum Gasteiger partial charge on any atom is 0.254 e. The van der Waals surface area contributed by atoms with Gasteiger partial charge < -0.3 is 10.2 Å². The number of aryl methyl sites for hydroxylation is 2. The molecule has 160 valence electrons. The Balaban J connectivity index is 1.81. The van der Waals surface area contributed by atoms with Gasteiger partial charge in [0.2, 0.25) is 5.91 Å². The Morgan fingerprint density at radius 2 is 1.84 bits per heavy atom. The molecule has 0 aliphatic carbocycles. The number of anilines is 1. The smallest absolute Gasteiger partial charge is 0.254 e. The number of amides is 2. The highest BCUT2D eigenvalue weighted by Crippen LogP contribution is 2.45. The largest absolute Gasteiger partial charge is 0.329 e. The minimum Gasteiger partial charge on any atom is -0.329 e. The van der Waals surface area contributed by atoms with E-state index in [1.165, 1.54) is 5.56 Å². The summed E-state index contributed by atoms with van der Waals surface area (Å²) >= 11 is 1.59. The summed E-state index contributed by atoms with van der Waals surface area (Å²) in [6, 6.07) is 17.2. The summed E-state index contributed by atoms with van der Waals surface area (Å²) in [6.45, 7) is 8.90. The quantitative estimate of drug-likeness (QED) is 0.542. The highest BCUT2D eigenvalue weighted by atomic mass is 32.1. The first-order chi connectivity index (χ1) is 14.9. The molecule has 0 saturated heterocycles. The van der Waals surface area contributed by atoms with Crippen molar-refractivity contribution in [3.63, 3.8) is 0 Å². The first kappa shape index (κ1) is 21.3. The van der Waals surface area contributed by atoms with Crippen molar-refractivity contribution in [2.45, 2.75) is 39.7 Å². The number of hydrogen-bond donors (Lipinski definition) is 1. The van der Waals surface area contributed by atoms with Crippen LogP contribution in [-0.2, 0) is 4.79 Å². The third-order valence-corrected chi connectivity index (χ3v) is 6.84. The van der Waals surface area contributed by atoms with Crippen molar-refractivity contribution >= 4 is 28.8 Å². The third kappa shape index (κ3) is 4.15. The second-order valence-electron chi connectivity index (χ2n) is 8.66. The molecule has 4 rings (SSSR count). The molecule has 0 saturated carbocycles. The molecule has 5 heteroatoms. The van der Waals surface area contributed by atoms with Crippen molar-refractivity contribution in [3.05, 3.63) is 87.1 Å². The van der Waals surface area contributed by atoms with Gasteiger partial charge in [0.1, 0.15) is 0 Å². The van der Waals surface area contributed by atoms with E-state index in [4.69, 9.17) is 0 Å². The maximum atomic E-state index is 13.7. The van der Waals surface area contributed by atoms with Crippen LogP contribution in [0.15, 0.2) is 60.0 Å². The fourth-order valence-electron chi connectivity index (χ4n) is 4.29. The molecule has 0 bridgehead atoms. The van der Waals surface area contributed by atoms with E-state index < -0.39 is 5.92 Å². The Bertz CT molecular complexity index is 1100. The molecule has 2 unspecified atom stereocenters. The van der Waals surface area contributed by atoms with Crippen molar-refractivity contribution in [1.29, 1.82) is 0 Å². The van der Waals surface area contributed by atoms with Crippen LogP contribution in [0.5, 0.6) is 0 Å². The van der Waals surface area contributed by atoms with Crippen molar-refractivity contribution < 1.29 is 9.59 Å². The summed E-state index contributed by atoms with van der Waals surface area (Å²) in [5.41, 5.74) is 4.52. The summed E-state index contributed by atoms with van der Waals surface area (Å²) in [5.74, 6) is -0.277. The van der Waals surface area contributed by atoms with Gasteiger partial charge in [-0.3, -0.25) is 9.59 Å². The lowest BCUT2D eigenvalue weighted by atomic mass is 9.81. The van der Waals surface area contributed by atoms with E-state index in [0.717, 1.165) is 21.7 Å². The molecule has 2 amide bonds. The lowest BCUT2D eigenvalue weighted by Crippen LogP contribution is -2.47. The molecule has 1 aromatic heterocycles. The van der Waals surface area contributed by atoms with Gasteiger partial charge in [-0.25, -0.2) is 0 Å². The van der Waals surface area contributed by atoms with Crippen LogP contribution in [0, 0.1) is 19.8 Å². The standard InChI is InChI=1S/C26H28N2O2S/c1-16(2)15-28-24(22-10-7-13-31-22)23(20-8-5-6-9-21(20)26(28)30)25(29)27-19-12-11-17(3)18(4)14-19/h5-14,16,23-24H,15H2,1-4H3,(H,27,29). The molecule has 0 fully saturated rings. The van der Waals surface area contributed by atoms with E-state index in [9.17, 15) is 9.59 Å². The fraction of sp³-hybridized carbons (Fsp3) is 0.308. The monoisotopic (exact) mass is 432 g/mol. The molecule has 3 aromatic rings. The lowest BCUT2D eigenvalue weighted by Gasteiger charge is -2.42. The van der Waals surface area contributed by atoms with Crippen LogP contribution in [0.25, 0.3) is 0 Å². The predicted octanol–water partition coefficient (Wildman–Crippen LogP) is 5.94. The van der Waals surface area contributed by atoms with Gasteiger partial charge in [-0.1, -0.05) is 44.2 Å². The van der Waals surface area contributed by atoms with E-state index in [0.29, 0.717) is 18.0 Å². The first-order valence-electron chi connectivity index (χ1n) is 10.7. The van der Waals surface area contributed by atoms with Gasteiger partial charge in [0.15, 0.2) is 0 Å². The zero-order valence-electron chi connectivity index (χ0n) is 18.4. The molecule has 4 nitrogen and oxygen atoms in total. The van der Waals surface area contributed by atoms with E-state index in [1.54, 1.807) is 11.3 Å². The van der Waals surface area contributed by atoms with Gasteiger partial charge in [-0.05, 0) is 66.1 Å². The maximum absolute atomic E-state index is 13.7. The van der Waals surface area contributed by atoms with Crippen LogP contribution in [0.1, 0.15) is 57.7 Å². The Labute approximate surface area is 187 Å². The summed E-state index contributed by atoms with van der Waals surface area (Å²) < 4.78 is 0. The molecular formula is C26H28N2O2S. The van der Waals surface area contributed by atoms with Gasteiger partial charge in [0.05, 0.1) is 12.0 Å². The van der Waals surface area contributed by atoms with Crippen molar-refractivity contribution in [2.24, 2.45) is 5.92 Å². The fourth-order valence-corrected chi connectivity index (χ4v) is 5.16. The highest BCUT2D eigenvalue weighted by molar-refractivity contribution is 7.10. The number of carbonyl (C=O) groups excluding carboxylic acids is 2. The van der Waals surface area contributed by atoms with Crippen molar-refractivity contribution in [3.8, 4) is 0 Å². The van der Waals surface area contributed by atoms with Gasteiger partial charge in [-0.15, -0.1) is 11.3 Å². The minimum absolute atomic E-state index is 0.00192. The van der Waals surface area contributed by atoms with E-state index in [2.05, 4.69) is 26.1 Å². The molecule has 1 N–H and O–H groups in total. The number of carbonyl (C=O) groups is 2. The van der Waals surface area contributed by atoms with E-state index in [-0.39, 0.29) is 17.9 Å². The number of hydrogen-bond acceptors (Lipinski definition) is 3. The van der Waals surface area contributed by atoms with Crippen LogP contribution in [0.3, 0.4) is 0 Å². The van der Waals surface area contributed by atoms with Gasteiger partial charge in [-0.2, -0.15) is 0 Å². The number of rotatable bonds is 5. The predicted molar refractivity (Wildman–Crippen MR) is 127 cm³/mol. The number of benzene rings is 2. The van der Waals surface area contributed by atoms with Crippen LogP contribution >= 0.6 is 11.3 Å². The normalized spacial score (nSPS) is 18.2. The van der Waals surface area contributed by atoms with Gasteiger partial charge in [0.25, 0.3) is 5.91 Å². The molecular weight excluding hydrogens is 404 g/mol. The summed E-state index contributed by atoms with van der Waals surface area (Å²) in [5, 5.41) is 5.14. The Hall–Kier alpha value is -2.92. The summed E-state index contributed by atoms with van der Waals surface area (Å²) in [6.07, 6.45) is 0. The van der Waals surface area contributed by atoms with Crippen LogP contribution in [0.4, 0.5) is 5.69 Å². The molecule has 31 heavy (non-hydrogen) atoms. The Kier molecular flexibility index (Phi) is 5.96. The zero-order chi connectivity index (χ0) is 22.1. The lowest BCUT2D eigenvalue weighted by molar-refractivity contribution is -0.119. The molecule has 0 radical (unpaired) electrons. The molecule has 1 aliphatic rings. The first-order valence-corrected chi connectivity index (χ1v) is 11.6. The average molecular weight is 433 g/mol. The number of fused-ring (bicyclic) bond motifs is 1. The number of nitrogens with zero attached hydrogens (tertiary/aromatic N) is 1. The summed E-state index contributed by atoms with van der Waals surface area (Å²) in [7, 11) is 0. The van der Waals surface area contributed by atoms with Gasteiger partial charge >= 0.3 is 0 Å². The summed E-state index contributed by atoms with van der Waals surface area (Å²) in [4.78, 5) is 30.1. The average Bonchev–Trinajstić information content (AvgIpc) is 3.26.